The van der Waals surface area contributed by atoms with Gasteiger partial charge in [-0.2, -0.15) is 0 Å². The molecule has 4 aromatic carbocycles. The van der Waals surface area contributed by atoms with Gasteiger partial charge in [0.1, 0.15) is 11.8 Å². The minimum absolute atomic E-state index is 0.0327. The summed E-state index contributed by atoms with van der Waals surface area (Å²) < 4.78 is 17.3. The van der Waals surface area contributed by atoms with Gasteiger partial charge in [-0.1, -0.05) is 163 Å². The van der Waals surface area contributed by atoms with Crippen LogP contribution < -0.4 is 26.5 Å². The number of nitrogens with two attached hydrogens (primary N) is 1. The zero-order valence-corrected chi connectivity index (χ0v) is 33.8. The molecular weight excluding hydrogens is 695 g/mol. The van der Waals surface area contributed by atoms with E-state index >= 15 is 0 Å². The van der Waals surface area contributed by atoms with E-state index in [0.29, 0.717) is 24.5 Å². The number of aromatic nitrogens is 4. The molecule has 3 heterocycles. The Hall–Kier alpha value is -4.07. The topological polar surface area (TPSA) is 88.1 Å². The average Bonchev–Trinajstić information content (AvgIpc) is 3.56. The highest BCUT2D eigenvalue weighted by molar-refractivity contribution is 8.01. The standard InChI is InChI=1S/C42H49N5O2SSi2/c1-41(2,3)51(31-19-11-7-12-20-31,32-21-13-8-14-22-32)48-27-35-36(50-40(35)47-30-46-37-38(43)44-29-45-39(37)47)28-49-52(42(4,5)6,33-23-15-9-16-24-33)34-25-17-10-18-26-34/h7-26,29-30,35-36,40H,27-28H2,1-6H3,(H2,43,44,45)/t35-,36-,40?/m1/s1. The summed E-state index contributed by atoms with van der Waals surface area (Å²) in [7, 11) is -5.57. The lowest BCUT2D eigenvalue weighted by Crippen LogP contribution is -2.68. The fourth-order valence-electron chi connectivity index (χ4n) is 8.11. The number of rotatable bonds is 11. The third-order valence-electron chi connectivity index (χ3n) is 10.6. The van der Waals surface area contributed by atoms with Gasteiger partial charge in [0, 0.05) is 24.4 Å². The molecule has 0 aliphatic carbocycles. The van der Waals surface area contributed by atoms with Crippen molar-refractivity contribution in [2.45, 2.75) is 62.2 Å². The molecule has 0 radical (unpaired) electrons. The van der Waals surface area contributed by atoms with E-state index in [2.05, 4.69) is 182 Å². The van der Waals surface area contributed by atoms with Crippen molar-refractivity contribution in [3.63, 3.8) is 0 Å². The number of anilines is 1. The van der Waals surface area contributed by atoms with Crippen LogP contribution in [0.5, 0.6) is 0 Å². The predicted octanol–water partition coefficient (Wildman–Crippen LogP) is 6.79. The van der Waals surface area contributed by atoms with E-state index in [1.807, 2.05) is 18.1 Å². The van der Waals surface area contributed by atoms with Crippen LogP contribution in [0.3, 0.4) is 0 Å². The Morgan fingerprint density at radius 3 is 1.46 bits per heavy atom. The number of nitrogen functional groups attached to an aromatic ring is 1. The molecule has 52 heavy (non-hydrogen) atoms. The molecule has 7 nitrogen and oxygen atoms in total. The van der Waals surface area contributed by atoms with Crippen molar-refractivity contribution in [1.82, 2.24) is 19.5 Å². The first-order valence-corrected chi connectivity index (χ1v) is 22.8. The second-order valence-corrected chi connectivity index (χ2v) is 25.7. The maximum absolute atomic E-state index is 7.62. The van der Waals surface area contributed by atoms with Crippen LogP contribution in [0.4, 0.5) is 5.82 Å². The molecule has 0 bridgehead atoms. The summed E-state index contributed by atoms with van der Waals surface area (Å²) in [4.78, 5) is 13.5. The van der Waals surface area contributed by atoms with Gasteiger partial charge in [-0.25, -0.2) is 15.0 Å². The average molecular weight is 744 g/mol. The Labute approximate surface area is 314 Å². The summed E-state index contributed by atoms with van der Waals surface area (Å²) in [5, 5.41) is 5.03. The first-order valence-electron chi connectivity index (χ1n) is 18.1. The number of hydrogen-bond acceptors (Lipinski definition) is 7. The first kappa shape index (κ1) is 36.3. The molecule has 10 heteroatoms. The van der Waals surface area contributed by atoms with E-state index in [1.54, 1.807) is 0 Å². The van der Waals surface area contributed by atoms with Crippen molar-refractivity contribution < 1.29 is 8.85 Å². The summed E-state index contributed by atoms with van der Waals surface area (Å²) >= 11 is 1.91. The molecule has 268 valence electrons. The van der Waals surface area contributed by atoms with Gasteiger partial charge in [0.05, 0.1) is 11.7 Å². The summed E-state index contributed by atoms with van der Waals surface area (Å²) in [6, 6.07) is 43.5. The maximum Gasteiger partial charge on any atom is 0.261 e. The smallest absolute Gasteiger partial charge is 0.261 e. The van der Waals surface area contributed by atoms with Gasteiger partial charge >= 0.3 is 0 Å². The van der Waals surface area contributed by atoms with Gasteiger partial charge in [0.25, 0.3) is 16.6 Å². The molecule has 1 aliphatic rings. The summed E-state index contributed by atoms with van der Waals surface area (Å²) in [5.74, 6) is 0.498. The Bertz CT molecular complexity index is 2010. The van der Waals surface area contributed by atoms with Crippen molar-refractivity contribution in [3.8, 4) is 0 Å². The van der Waals surface area contributed by atoms with Gasteiger partial charge in [0.2, 0.25) is 0 Å². The van der Waals surface area contributed by atoms with Crippen molar-refractivity contribution in [2.75, 3.05) is 18.9 Å². The van der Waals surface area contributed by atoms with Crippen molar-refractivity contribution >= 4 is 66.1 Å². The first-order chi connectivity index (χ1) is 25.0. The highest BCUT2D eigenvalue weighted by Gasteiger charge is 2.55. The third kappa shape index (κ3) is 6.34. The number of fused-ring (bicyclic) bond motifs is 1. The second-order valence-electron chi connectivity index (χ2n) is 15.8. The molecule has 0 saturated carbocycles. The molecule has 0 amide bonds. The van der Waals surface area contributed by atoms with Crippen molar-refractivity contribution in [1.29, 1.82) is 0 Å². The van der Waals surface area contributed by atoms with Gasteiger partial charge in [-0.15, -0.1) is 11.8 Å². The predicted molar refractivity (Wildman–Crippen MR) is 221 cm³/mol. The lowest BCUT2D eigenvalue weighted by Gasteiger charge is -2.50. The van der Waals surface area contributed by atoms with E-state index in [0.717, 1.165) is 5.65 Å². The Morgan fingerprint density at radius 2 is 1.04 bits per heavy atom. The normalized spacial score (nSPS) is 18.3. The monoisotopic (exact) mass is 743 g/mol. The van der Waals surface area contributed by atoms with Crippen molar-refractivity contribution in [2.24, 2.45) is 5.92 Å². The molecule has 0 spiro atoms. The van der Waals surface area contributed by atoms with Crippen molar-refractivity contribution in [3.05, 3.63) is 134 Å². The molecule has 3 atom stereocenters. The van der Waals surface area contributed by atoms with E-state index in [4.69, 9.17) is 14.6 Å². The number of imidazole rings is 1. The van der Waals surface area contributed by atoms with E-state index in [9.17, 15) is 0 Å². The minimum atomic E-state index is -2.81. The summed E-state index contributed by atoms with van der Waals surface area (Å²) in [5.41, 5.74) is 7.63. The lowest BCUT2D eigenvalue weighted by atomic mass is 10.0. The van der Waals surface area contributed by atoms with Gasteiger partial charge < -0.3 is 19.2 Å². The lowest BCUT2D eigenvalue weighted by molar-refractivity contribution is 0.168. The highest BCUT2D eigenvalue weighted by atomic mass is 32.2. The largest absolute Gasteiger partial charge is 0.407 e. The van der Waals surface area contributed by atoms with Gasteiger partial charge in [0.15, 0.2) is 11.5 Å². The Kier molecular flexibility index (Phi) is 10.1. The molecule has 1 aliphatic heterocycles. The van der Waals surface area contributed by atoms with Gasteiger partial charge in [-0.05, 0) is 30.8 Å². The minimum Gasteiger partial charge on any atom is -0.407 e. The van der Waals surface area contributed by atoms with E-state index < -0.39 is 16.6 Å². The van der Waals surface area contributed by atoms with Crippen LogP contribution in [0.1, 0.15) is 46.9 Å². The van der Waals surface area contributed by atoms with Crippen LogP contribution in [0.15, 0.2) is 134 Å². The molecule has 6 aromatic rings. The number of benzene rings is 4. The fraction of sp³-hybridized carbons (Fsp3) is 0.310. The fourth-order valence-corrected chi connectivity index (χ4v) is 18.8. The molecular formula is C42H49N5O2SSi2. The third-order valence-corrected chi connectivity index (χ3v) is 22.3. The van der Waals surface area contributed by atoms with Crippen LogP contribution in [0.25, 0.3) is 11.2 Å². The van der Waals surface area contributed by atoms with Gasteiger partial charge in [-0.3, -0.25) is 0 Å². The van der Waals surface area contributed by atoms with Crippen LogP contribution in [0.2, 0.25) is 10.1 Å². The summed E-state index contributed by atoms with van der Waals surface area (Å²) in [6.45, 7) is 15.1. The Morgan fingerprint density at radius 1 is 0.615 bits per heavy atom. The van der Waals surface area contributed by atoms with Crippen LogP contribution in [-0.4, -0.2) is 54.6 Å². The van der Waals surface area contributed by atoms with Crippen LogP contribution in [-0.2, 0) is 8.85 Å². The maximum atomic E-state index is 7.62. The number of thioether (sulfide) groups is 1. The second kappa shape index (κ2) is 14.4. The molecule has 1 fully saturated rings. The zero-order valence-electron chi connectivity index (χ0n) is 30.9. The van der Waals surface area contributed by atoms with E-state index in [-0.39, 0.29) is 26.6 Å². The number of nitrogens with zero attached hydrogens (tertiary/aromatic N) is 4. The number of hydrogen-bond donors (Lipinski definition) is 1. The summed E-state index contributed by atoms with van der Waals surface area (Å²) in [6.07, 6.45) is 3.39. The quantitative estimate of drug-likeness (QED) is 0.146. The van der Waals surface area contributed by atoms with Crippen LogP contribution >= 0.6 is 11.8 Å². The molecule has 2 N–H and O–H groups in total. The molecule has 1 unspecified atom stereocenters. The molecule has 1 saturated heterocycles. The van der Waals surface area contributed by atoms with E-state index in [1.165, 1.54) is 27.1 Å². The Balaban J connectivity index is 1.29. The molecule has 7 rings (SSSR count). The van der Waals surface area contributed by atoms with Crippen LogP contribution in [0, 0.1) is 5.92 Å². The SMILES string of the molecule is CC(C)(C)[Si](OC[C@H]1SC(n2cnc3c(N)ncnc32)[C@@H]1CO[Si](c1ccccc1)(c1ccccc1)C(C)(C)C)(c1ccccc1)c1ccccc1. The zero-order chi connectivity index (χ0) is 36.6. The highest BCUT2D eigenvalue weighted by Crippen LogP contribution is 2.53. The molecule has 2 aromatic heterocycles.